The van der Waals surface area contributed by atoms with Gasteiger partial charge in [-0.15, -0.1) is 0 Å². The number of aryl methyl sites for hydroxylation is 1. The van der Waals surface area contributed by atoms with E-state index in [2.05, 4.69) is 6.92 Å². The Morgan fingerprint density at radius 1 is 1.28 bits per heavy atom. The molecule has 0 saturated carbocycles. The largest absolute Gasteiger partial charge is 0.377 e. The topological polar surface area (TPSA) is 70.4 Å². The van der Waals surface area contributed by atoms with Crippen LogP contribution in [0.2, 0.25) is 0 Å². The van der Waals surface area contributed by atoms with Crippen molar-refractivity contribution in [1.82, 2.24) is 4.31 Å². The molecule has 25 heavy (non-hydrogen) atoms. The molecule has 1 aromatic carbocycles. The van der Waals surface area contributed by atoms with Crippen molar-refractivity contribution in [2.24, 2.45) is 0 Å². The van der Waals surface area contributed by atoms with Crippen LogP contribution in [-0.2, 0) is 21.2 Å². The van der Waals surface area contributed by atoms with E-state index >= 15 is 0 Å². The molecule has 5 nitrogen and oxygen atoms in total. The Kier molecular flexibility index (Phi) is 7.89. The van der Waals surface area contributed by atoms with Crippen LogP contribution in [0, 0.1) is 11.3 Å². The third kappa shape index (κ3) is 5.81. The lowest BCUT2D eigenvalue weighted by molar-refractivity contribution is 0.0941. The Morgan fingerprint density at radius 2 is 2.04 bits per heavy atom. The summed E-state index contributed by atoms with van der Waals surface area (Å²) in [4.78, 5) is 0.294. The molecule has 138 valence electrons. The van der Waals surface area contributed by atoms with Crippen molar-refractivity contribution in [3.8, 4) is 6.07 Å². The van der Waals surface area contributed by atoms with Crippen molar-refractivity contribution < 1.29 is 13.2 Å². The molecule has 0 amide bonds. The first-order valence-corrected chi connectivity index (χ1v) is 10.6. The van der Waals surface area contributed by atoms with Gasteiger partial charge in [0.25, 0.3) is 0 Å². The maximum absolute atomic E-state index is 13.0. The smallest absolute Gasteiger partial charge is 0.243 e. The highest BCUT2D eigenvalue weighted by Gasteiger charge is 2.28. The molecule has 1 aliphatic rings. The zero-order valence-corrected chi connectivity index (χ0v) is 15.8. The Morgan fingerprint density at radius 3 is 2.64 bits per heavy atom. The summed E-state index contributed by atoms with van der Waals surface area (Å²) in [7, 11) is -3.60. The van der Waals surface area contributed by atoms with Gasteiger partial charge in [0.1, 0.15) is 0 Å². The first-order chi connectivity index (χ1) is 12.1. The van der Waals surface area contributed by atoms with Crippen LogP contribution in [0.1, 0.15) is 51.0 Å². The fraction of sp³-hybridized carbons (Fsp3) is 0.632. The Balaban J connectivity index is 2.09. The summed E-state index contributed by atoms with van der Waals surface area (Å²) in [6.07, 6.45) is 6.39. The molecule has 0 spiro atoms. The van der Waals surface area contributed by atoms with Gasteiger partial charge in [-0.2, -0.15) is 9.57 Å². The highest BCUT2D eigenvalue weighted by atomic mass is 32.2. The van der Waals surface area contributed by atoms with Gasteiger partial charge >= 0.3 is 0 Å². The number of hydrogen-bond acceptors (Lipinski definition) is 4. The second-order valence-electron chi connectivity index (χ2n) is 6.51. The lowest BCUT2D eigenvalue weighted by Crippen LogP contribution is -2.38. The number of ether oxygens (including phenoxy) is 1. The molecule has 6 heteroatoms. The van der Waals surface area contributed by atoms with Gasteiger partial charge in [0, 0.05) is 26.1 Å². The normalized spacial score (nSPS) is 17.7. The number of rotatable bonds is 10. The minimum Gasteiger partial charge on any atom is -0.377 e. The van der Waals surface area contributed by atoms with Gasteiger partial charge in [-0.3, -0.25) is 0 Å². The predicted molar refractivity (Wildman–Crippen MR) is 97.6 cm³/mol. The van der Waals surface area contributed by atoms with Gasteiger partial charge in [-0.1, -0.05) is 31.9 Å². The third-order valence-corrected chi connectivity index (χ3v) is 6.41. The second kappa shape index (κ2) is 9.91. The van der Waals surface area contributed by atoms with E-state index in [1.807, 2.05) is 18.2 Å². The van der Waals surface area contributed by atoms with Gasteiger partial charge < -0.3 is 4.74 Å². The van der Waals surface area contributed by atoms with Gasteiger partial charge in [-0.05, 0) is 43.4 Å². The Bertz CT molecular complexity index is 659. The van der Waals surface area contributed by atoms with E-state index in [1.165, 1.54) is 17.1 Å². The summed E-state index contributed by atoms with van der Waals surface area (Å²) < 4.78 is 32.9. The van der Waals surface area contributed by atoms with Gasteiger partial charge in [0.15, 0.2) is 0 Å². The fourth-order valence-electron chi connectivity index (χ4n) is 3.06. The maximum atomic E-state index is 13.0. The average Bonchev–Trinajstić information content (AvgIpc) is 3.12. The fourth-order valence-corrected chi connectivity index (χ4v) is 4.53. The van der Waals surface area contributed by atoms with Gasteiger partial charge in [0.2, 0.25) is 10.0 Å². The van der Waals surface area contributed by atoms with Gasteiger partial charge in [0.05, 0.1) is 17.1 Å². The molecule has 0 N–H and O–H groups in total. The van der Waals surface area contributed by atoms with Crippen molar-refractivity contribution >= 4 is 10.0 Å². The van der Waals surface area contributed by atoms with Crippen LogP contribution < -0.4 is 0 Å². The maximum Gasteiger partial charge on any atom is 0.243 e. The molecule has 0 aromatic heterocycles. The van der Waals surface area contributed by atoms with Crippen molar-refractivity contribution in [2.45, 2.75) is 62.9 Å². The standard InChI is InChI=1S/C19H28N2O3S/c1-2-3-4-7-17-9-11-19(12-10-17)25(22,23)21(14-6-13-20)16-18-8-5-15-24-18/h9-12,18H,2-8,14-16H2,1H3. The van der Waals surface area contributed by atoms with Crippen LogP contribution in [-0.4, -0.2) is 38.5 Å². The van der Waals surface area contributed by atoms with Crippen molar-refractivity contribution in [3.63, 3.8) is 0 Å². The van der Waals surface area contributed by atoms with Crippen LogP contribution in [0.25, 0.3) is 0 Å². The van der Waals surface area contributed by atoms with Crippen molar-refractivity contribution in [2.75, 3.05) is 19.7 Å². The second-order valence-corrected chi connectivity index (χ2v) is 8.45. The van der Waals surface area contributed by atoms with Crippen LogP contribution in [0.3, 0.4) is 0 Å². The van der Waals surface area contributed by atoms with E-state index in [0.717, 1.165) is 31.2 Å². The highest BCUT2D eigenvalue weighted by Crippen LogP contribution is 2.21. The molecular formula is C19H28N2O3S. The molecular weight excluding hydrogens is 336 g/mol. The molecule has 0 aliphatic carbocycles. The molecule has 1 aromatic rings. The average molecular weight is 365 g/mol. The Labute approximate surface area is 151 Å². The number of hydrogen-bond donors (Lipinski definition) is 0. The molecule has 1 unspecified atom stereocenters. The first-order valence-electron chi connectivity index (χ1n) is 9.15. The zero-order chi connectivity index (χ0) is 18.1. The number of unbranched alkanes of at least 4 members (excludes halogenated alkanes) is 2. The minimum absolute atomic E-state index is 0.0678. The quantitative estimate of drug-likeness (QED) is 0.596. The molecule has 0 bridgehead atoms. The highest BCUT2D eigenvalue weighted by molar-refractivity contribution is 7.89. The summed E-state index contributed by atoms with van der Waals surface area (Å²) in [5, 5.41) is 8.85. The number of nitrogens with zero attached hydrogens (tertiary/aromatic N) is 2. The summed E-state index contributed by atoms with van der Waals surface area (Å²) in [5.41, 5.74) is 1.16. The third-order valence-electron chi connectivity index (χ3n) is 4.53. The van der Waals surface area contributed by atoms with Crippen LogP contribution in [0.15, 0.2) is 29.2 Å². The minimum atomic E-state index is -3.60. The monoisotopic (exact) mass is 364 g/mol. The number of benzene rings is 1. The van der Waals surface area contributed by atoms with E-state index in [0.29, 0.717) is 18.0 Å². The zero-order valence-electron chi connectivity index (χ0n) is 15.0. The van der Waals surface area contributed by atoms with Gasteiger partial charge in [-0.25, -0.2) is 8.42 Å². The summed E-state index contributed by atoms with van der Waals surface area (Å²) >= 11 is 0. The molecule has 1 aliphatic heterocycles. The van der Waals surface area contributed by atoms with E-state index in [9.17, 15) is 8.42 Å². The summed E-state index contributed by atoms with van der Waals surface area (Å²) in [6.45, 7) is 3.38. The van der Waals surface area contributed by atoms with E-state index < -0.39 is 10.0 Å². The van der Waals surface area contributed by atoms with Crippen LogP contribution in [0.5, 0.6) is 0 Å². The SMILES string of the molecule is CCCCCc1ccc(S(=O)(=O)N(CCC#N)CC2CCCO2)cc1. The van der Waals surface area contributed by atoms with E-state index in [1.54, 1.807) is 12.1 Å². The lowest BCUT2D eigenvalue weighted by atomic mass is 10.1. The molecule has 1 fully saturated rings. The van der Waals surface area contributed by atoms with Crippen molar-refractivity contribution in [3.05, 3.63) is 29.8 Å². The van der Waals surface area contributed by atoms with Crippen molar-refractivity contribution in [1.29, 1.82) is 5.26 Å². The molecule has 1 saturated heterocycles. The lowest BCUT2D eigenvalue weighted by Gasteiger charge is -2.24. The molecule has 2 rings (SSSR count). The molecule has 0 radical (unpaired) electrons. The number of sulfonamides is 1. The predicted octanol–water partition coefficient (Wildman–Crippen LogP) is 3.50. The molecule has 1 atom stereocenters. The molecule has 1 heterocycles. The van der Waals surface area contributed by atoms with Crippen LogP contribution >= 0.6 is 0 Å². The summed E-state index contributed by atoms with van der Waals surface area (Å²) in [5.74, 6) is 0. The number of nitriles is 1. The van der Waals surface area contributed by atoms with E-state index in [-0.39, 0.29) is 19.1 Å². The van der Waals surface area contributed by atoms with Crippen LogP contribution in [0.4, 0.5) is 0 Å². The first kappa shape index (κ1) is 19.9. The van der Waals surface area contributed by atoms with E-state index in [4.69, 9.17) is 10.00 Å². The summed E-state index contributed by atoms with van der Waals surface area (Å²) in [6, 6.07) is 9.21. The Hall–Kier alpha value is -1.42.